The number of carbonyl (C=O) groups excluding carboxylic acids is 4. The minimum Gasteiger partial charge on any atom is -0.458 e. The van der Waals surface area contributed by atoms with Crippen molar-refractivity contribution in [3.8, 4) is 0 Å². The van der Waals surface area contributed by atoms with Crippen LogP contribution < -0.4 is 5.32 Å². The fraction of sp³-hybridized carbons (Fsp3) is 0.645. The van der Waals surface area contributed by atoms with E-state index >= 15 is 0 Å². The fourth-order valence-corrected chi connectivity index (χ4v) is 8.49. The average Bonchev–Trinajstić information content (AvgIpc) is 3.20. The summed E-state index contributed by atoms with van der Waals surface area (Å²) < 4.78 is 5.21. The Labute approximate surface area is 234 Å². The number of nitrogens with zero attached hydrogens (tertiary/aromatic N) is 1. The van der Waals surface area contributed by atoms with Crippen LogP contribution in [0.25, 0.3) is 0 Å². The number of ketones is 2. The van der Waals surface area contributed by atoms with Gasteiger partial charge in [0.25, 0.3) is 0 Å². The molecule has 9 nitrogen and oxygen atoms in total. The standard InChI is InChI=1S/C31H40N2O7/c1-29-11-7-21(34)15-20(29)3-4-22-23-8-12-31(39,30(23,2)16-24(35)28(22)29)25(36)18-40-27(38)6-5-26(37)33-17-19-9-13-32-14-10-19/h9-10,13-15,22-24,28,35,39H,3-8,11-12,16-18H2,1-2H3,(H,33,37)/t22-,23-,24+,28+,29-,30-,31-/m0/s1. The molecular formula is C31H40N2O7. The van der Waals surface area contributed by atoms with Crippen molar-refractivity contribution in [2.75, 3.05) is 6.61 Å². The molecule has 3 fully saturated rings. The number of ether oxygens (including phenoxy) is 1. The molecule has 1 aromatic heterocycles. The maximum absolute atomic E-state index is 13.4. The molecule has 1 amide bonds. The normalized spacial score (nSPS) is 36.5. The number of hydrogen-bond donors (Lipinski definition) is 3. The third kappa shape index (κ3) is 4.91. The number of rotatable bonds is 8. The summed E-state index contributed by atoms with van der Waals surface area (Å²) in [4.78, 5) is 53.8. The predicted octanol–water partition coefficient (Wildman–Crippen LogP) is 2.82. The molecule has 9 heteroatoms. The first-order chi connectivity index (χ1) is 19.0. The Morgan fingerprint density at radius 1 is 1.10 bits per heavy atom. The third-order valence-electron chi connectivity index (χ3n) is 10.7. The van der Waals surface area contributed by atoms with Gasteiger partial charge >= 0.3 is 5.97 Å². The molecule has 0 radical (unpaired) electrons. The summed E-state index contributed by atoms with van der Waals surface area (Å²) in [6.07, 6.45) is 8.11. The first kappa shape index (κ1) is 28.6. The number of amides is 1. The third-order valence-corrected chi connectivity index (χ3v) is 10.7. The number of hydrogen-bond acceptors (Lipinski definition) is 8. The van der Waals surface area contributed by atoms with E-state index in [1.807, 2.05) is 6.92 Å². The molecule has 0 spiro atoms. The zero-order chi connectivity index (χ0) is 28.7. The highest BCUT2D eigenvalue weighted by molar-refractivity contribution is 5.92. The summed E-state index contributed by atoms with van der Waals surface area (Å²) in [7, 11) is 0. The van der Waals surface area contributed by atoms with Gasteiger partial charge in [-0.25, -0.2) is 0 Å². The number of pyridine rings is 1. The molecule has 0 unspecified atom stereocenters. The molecule has 40 heavy (non-hydrogen) atoms. The van der Waals surface area contributed by atoms with E-state index in [2.05, 4.69) is 17.2 Å². The quantitative estimate of drug-likeness (QED) is 0.418. The molecule has 3 saturated carbocycles. The highest BCUT2D eigenvalue weighted by atomic mass is 16.5. The molecule has 216 valence electrons. The van der Waals surface area contributed by atoms with E-state index in [4.69, 9.17) is 4.74 Å². The first-order valence-corrected chi connectivity index (χ1v) is 14.5. The molecule has 7 atom stereocenters. The van der Waals surface area contributed by atoms with Gasteiger partial charge in [-0.2, -0.15) is 0 Å². The van der Waals surface area contributed by atoms with Crippen LogP contribution in [0.5, 0.6) is 0 Å². The van der Waals surface area contributed by atoms with Crippen molar-refractivity contribution in [3.63, 3.8) is 0 Å². The number of carbonyl (C=O) groups is 4. The van der Waals surface area contributed by atoms with Crippen LogP contribution in [0.2, 0.25) is 0 Å². The number of esters is 1. The van der Waals surface area contributed by atoms with Gasteiger partial charge in [-0.05, 0) is 85.5 Å². The predicted molar refractivity (Wildman–Crippen MR) is 144 cm³/mol. The van der Waals surface area contributed by atoms with E-state index in [-0.39, 0.29) is 60.5 Å². The van der Waals surface area contributed by atoms with Gasteiger partial charge in [0.05, 0.1) is 12.5 Å². The summed E-state index contributed by atoms with van der Waals surface area (Å²) >= 11 is 0. The second kappa shape index (κ2) is 10.8. The lowest BCUT2D eigenvalue weighted by Gasteiger charge is -2.60. The highest BCUT2D eigenvalue weighted by Crippen LogP contribution is 2.67. The summed E-state index contributed by atoms with van der Waals surface area (Å²) in [5.41, 5.74) is -0.768. The number of aromatic nitrogens is 1. The topological polar surface area (TPSA) is 143 Å². The summed E-state index contributed by atoms with van der Waals surface area (Å²) in [6.45, 7) is 3.83. The Morgan fingerprint density at radius 3 is 2.60 bits per heavy atom. The van der Waals surface area contributed by atoms with E-state index < -0.39 is 35.5 Å². The lowest BCUT2D eigenvalue weighted by atomic mass is 9.45. The molecule has 4 aliphatic rings. The summed E-state index contributed by atoms with van der Waals surface area (Å²) in [5, 5.41) is 26.0. The van der Waals surface area contributed by atoms with E-state index in [0.29, 0.717) is 19.4 Å². The number of Topliss-reactive ketones (excluding diaryl/α,β-unsaturated/α-hetero) is 1. The second-order valence-corrected chi connectivity index (χ2v) is 12.7. The SMILES string of the molecule is C[C@]12CCC(=O)C=C1CC[C@@H]1[C@@H]2[C@H](O)C[C@@]2(C)[C@H]1CC[C@]2(O)C(=O)COC(=O)CCC(=O)NCc1ccncc1. The number of nitrogens with one attached hydrogen (secondary N) is 1. The van der Waals surface area contributed by atoms with Crippen molar-refractivity contribution in [2.45, 2.75) is 89.9 Å². The van der Waals surface area contributed by atoms with Crippen LogP contribution >= 0.6 is 0 Å². The number of aliphatic hydroxyl groups excluding tert-OH is 1. The summed E-state index contributed by atoms with van der Waals surface area (Å²) in [6, 6.07) is 3.57. The summed E-state index contributed by atoms with van der Waals surface area (Å²) in [5.74, 6) is -1.21. The van der Waals surface area contributed by atoms with Crippen molar-refractivity contribution in [1.29, 1.82) is 0 Å². The second-order valence-electron chi connectivity index (χ2n) is 12.7. The van der Waals surface area contributed by atoms with E-state index in [0.717, 1.165) is 30.4 Å². The fourth-order valence-electron chi connectivity index (χ4n) is 8.49. The smallest absolute Gasteiger partial charge is 0.306 e. The largest absolute Gasteiger partial charge is 0.458 e. The molecule has 3 N–H and O–H groups in total. The minimum atomic E-state index is -1.70. The minimum absolute atomic E-state index is 0.0151. The van der Waals surface area contributed by atoms with E-state index in [1.54, 1.807) is 30.6 Å². The van der Waals surface area contributed by atoms with Crippen molar-refractivity contribution in [2.24, 2.45) is 28.6 Å². The molecule has 0 aliphatic heterocycles. The lowest BCUT2D eigenvalue weighted by molar-refractivity contribution is -0.184. The van der Waals surface area contributed by atoms with Crippen LogP contribution in [0.3, 0.4) is 0 Å². The van der Waals surface area contributed by atoms with Crippen molar-refractivity contribution in [1.82, 2.24) is 10.3 Å². The van der Waals surface area contributed by atoms with Crippen LogP contribution in [-0.2, 0) is 30.5 Å². The van der Waals surface area contributed by atoms with Crippen molar-refractivity contribution in [3.05, 3.63) is 41.7 Å². The van der Waals surface area contributed by atoms with Gasteiger partial charge < -0.3 is 20.3 Å². The zero-order valence-electron chi connectivity index (χ0n) is 23.4. The Balaban J connectivity index is 1.18. The highest BCUT2D eigenvalue weighted by Gasteiger charge is 2.68. The average molecular weight is 553 g/mol. The number of allylic oxidation sites excluding steroid dienone is 1. The van der Waals surface area contributed by atoms with Crippen LogP contribution in [0.15, 0.2) is 36.2 Å². The molecule has 1 aromatic rings. The Morgan fingerprint density at radius 2 is 1.85 bits per heavy atom. The van der Waals surface area contributed by atoms with Gasteiger partial charge in [0.1, 0.15) is 5.60 Å². The molecule has 5 rings (SSSR count). The first-order valence-electron chi connectivity index (χ1n) is 14.5. The maximum Gasteiger partial charge on any atom is 0.306 e. The zero-order valence-corrected chi connectivity index (χ0v) is 23.4. The molecule has 0 bridgehead atoms. The van der Waals surface area contributed by atoms with Crippen molar-refractivity contribution < 1.29 is 34.1 Å². The van der Waals surface area contributed by atoms with Gasteiger partial charge in [-0.3, -0.25) is 24.2 Å². The van der Waals surface area contributed by atoms with Crippen LogP contribution in [0.4, 0.5) is 0 Å². The number of aliphatic hydroxyl groups is 2. The van der Waals surface area contributed by atoms with E-state index in [1.165, 1.54) is 0 Å². The van der Waals surface area contributed by atoms with Gasteiger partial charge in [-0.15, -0.1) is 0 Å². The van der Waals surface area contributed by atoms with Gasteiger partial charge in [0.2, 0.25) is 11.7 Å². The van der Waals surface area contributed by atoms with E-state index in [9.17, 15) is 29.4 Å². The monoisotopic (exact) mass is 552 g/mol. The Bertz CT molecular complexity index is 1220. The van der Waals surface area contributed by atoms with Crippen LogP contribution in [0.1, 0.15) is 77.2 Å². The van der Waals surface area contributed by atoms with Gasteiger partial charge in [0, 0.05) is 37.2 Å². The molecule has 0 saturated heterocycles. The molecular weight excluding hydrogens is 512 g/mol. The van der Waals surface area contributed by atoms with Gasteiger partial charge in [-0.1, -0.05) is 19.4 Å². The van der Waals surface area contributed by atoms with Crippen molar-refractivity contribution >= 4 is 23.4 Å². The van der Waals surface area contributed by atoms with Crippen LogP contribution in [0, 0.1) is 28.6 Å². The molecule has 1 heterocycles. The Kier molecular flexibility index (Phi) is 7.74. The maximum atomic E-state index is 13.4. The van der Waals surface area contributed by atoms with Crippen LogP contribution in [-0.4, -0.2) is 57.0 Å². The Hall–Kier alpha value is -2.91. The molecule has 4 aliphatic carbocycles. The molecule has 0 aromatic carbocycles. The number of fused-ring (bicyclic) bond motifs is 5. The lowest BCUT2D eigenvalue weighted by Crippen LogP contribution is -2.62. The van der Waals surface area contributed by atoms with Gasteiger partial charge in [0.15, 0.2) is 12.4 Å².